The second kappa shape index (κ2) is 4.95. The molecule has 3 N–H and O–H groups in total. The van der Waals surface area contributed by atoms with Gasteiger partial charge in [-0.15, -0.1) is 0 Å². The zero-order valence-electron chi connectivity index (χ0n) is 15.0. The lowest BCUT2D eigenvalue weighted by Gasteiger charge is -2.61. The smallest absolute Gasteiger partial charge is 0.0933 e. The van der Waals surface area contributed by atoms with Crippen molar-refractivity contribution < 1.29 is 15.3 Å². The Bertz CT molecular complexity index is 489. The maximum absolute atomic E-state index is 11.0. The Hall–Kier alpha value is -0.120. The fourth-order valence-corrected chi connectivity index (χ4v) is 7.47. The van der Waals surface area contributed by atoms with Gasteiger partial charge < -0.3 is 15.3 Å². The summed E-state index contributed by atoms with van der Waals surface area (Å²) in [7, 11) is 0. The van der Waals surface area contributed by atoms with Gasteiger partial charge in [0.2, 0.25) is 0 Å². The van der Waals surface area contributed by atoms with Crippen molar-refractivity contribution >= 4 is 0 Å². The first kappa shape index (κ1) is 16.4. The Morgan fingerprint density at radius 3 is 2.30 bits per heavy atom. The van der Waals surface area contributed by atoms with Gasteiger partial charge in [-0.05, 0) is 87.4 Å². The largest absolute Gasteiger partial charge is 0.393 e. The van der Waals surface area contributed by atoms with E-state index in [1.165, 1.54) is 19.3 Å². The third-order valence-corrected chi connectivity index (χ3v) is 9.31. The van der Waals surface area contributed by atoms with Gasteiger partial charge in [-0.25, -0.2) is 0 Å². The van der Waals surface area contributed by atoms with Crippen molar-refractivity contribution in [2.75, 3.05) is 0 Å². The molecule has 0 aromatic carbocycles. The van der Waals surface area contributed by atoms with E-state index in [0.717, 1.165) is 32.1 Å². The first-order valence-corrected chi connectivity index (χ1v) is 9.78. The Morgan fingerprint density at radius 1 is 0.826 bits per heavy atom. The molecule has 0 aromatic rings. The molecule has 4 fully saturated rings. The first-order chi connectivity index (χ1) is 10.7. The lowest BCUT2D eigenvalue weighted by atomic mass is 9.44. The summed E-state index contributed by atoms with van der Waals surface area (Å²) in [6, 6.07) is 0. The predicted molar refractivity (Wildman–Crippen MR) is 89.7 cm³/mol. The lowest BCUT2D eigenvalue weighted by molar-refractivity contribution is -0.164. The van der Waals surface area contributed by atoms with Crippen molar-refractivity contribution in [3.05, 3.63) is 0 Å². The number of fused-ring (bicyclic) bond motifs is 5. The molecular formula is C20H34O3. The second-order valence-corrected chi connectivity index (χ2v) is 9.94. The van der Waals surface area contributed by atoms with Crippen molar-refractivity contribution in [3.63, 3.8) is 0 Å². The third kappa shape index (κ3) is 1.99. The van der Waals surface area contributed by atoms with E-state index in [0.29, 0.717) is 29.1 Å². The van der Waals surface area contributed by atoms with Crippen LogP contribution in [0.15, 0.2) is 0 Å². The lowest BCUT2D eigenvalue weighted by Crippen LogP contribution is -2.57. The Kier molecular flexibility index (Phi) is 3.52. The molecule has 0 spiro atoms. The number of hydrogen-bond donors (Lipinski definition) is 3. The van der Waals surface area contributed by atoms with Crippen molar-refractivity contribution in [1.29, 1.82) is 0 Å². The van der Waals surface area contributed by atoms with Gasteiger partial charge in [0.05, 0.1) is 17.8 Å². The molecule has 3 heteroatoms. The molecule has 0 saturated heterocycles. The average Bonchev–Trinajstić information content (AvgIpc) is 2.67. The van der Waals surface area contributed by atoms with E-state index in [9.17, 15) is 15.3 Å². The molecule has 0 bridgehead atoms. The van der Waals surface area contributed by atoms with Crippen LogP contribution in [0.4, 0.5) is 0 Å². The maximum Gasteiger partial charge on any atom is 0.0933 e. The van der Waals surface area contributed by atoms with Gasteiger partial charge in [0.25, 0.3) is 0 Å². The van der Waals surface area contributed by atoms with Crippen LogP contribution in [0.1, 0.15) is 72.1 Å². The highest BCUT2D eigenvalue weighted by molar-refractivity contribution is 5.15. The summed E-state index contributed by atoms with van der Waals surface area (Å²) in [5.41, 5.74) is -0.711. The summed E-state index contributed by atoms with van der Waals surface area (Å²) in [5, 5.41) is 31.5. The summed E-state index contributed by atoms with van der Waals surface area (Å²) in [6.07, 6.45) is 7.87. The van der Waals surface area contributed by atoms with E-state index in [2.05, 4.69) is 13.8 Å². The van der Waals surface area contributed by atoms with Gasteiger partial charge >= 0.3 is 0 Å². The monoisotopic (exact) mass is 322 g/mol. The van der Waals surface area contributed by atoms with Crippen LogP contribution in [0, 0.1) is 34.5 Å². The number of aliphatic hydroxyl groups is 3. The molecule has 0 aliphatic heterocycles. The zero-order chi connectivity index (χ0) is 16.6. The van der Waals surface area contributed by atoms with E-state index in [-0.39, 0.29) is 11.5 Å². The van der Waals surface area contributed by atoms with Gasteiger partial charge in [-0.1, -0.05) is 13.8 Å². The van der Waals surface area contributed by atoms with E-state index in [1.807, 2.05) is 6.92 Å². The summed E-state index contributed by atoms with van der Waals surface area (Å²) in [6.45, 7) is 6.57. The number of rotatable bonds is 0. The highest BCUT2D eigenvalue weighted by Crippen LogP contribution is 2.68. The molecule has 4 rings (SSSR count). The molecule has 9 atom stereocenters. The van der Waals surface area contributed by atoms with Gasteiger partial charge in [0, 0.05) is 5.41 Å². The number of aliphatic hydroxyl groups excluding tert-OH is 2. The normalized spacial score (nSPS) is 62.3. The summed E-state index contributed by atoms with van der Waals surface area (Å²) in [4.78, 5) is 0. The highest BCUT2D eigenvalue weighted by atomic mass is 16.3. The van der Waals surface area contributed by atoms with Crippen LogP contribution in [0.2, 0.25) is 0 Å². The van der Waals surface area contributed by atoms with Crippen molar-refractivity contribution in [2.45, 2.75) is 89.9 Å². The Labute approximate surface area is 140 Å². The molecule has 0 amide bonds. The van der Waals surface area contributed by atoms with E-state index >= 15 is 0 Å². The number of hydrogen-bond acceptors (Lipinski definition) is 3. The highest BCUT2D eigenvalue weighted by Gasteiger charge is 2.66. The summed E-state index contributed by atoms with van der Waals surface area (Å²) < 4.78 is 0. The maximum atomic E-state index is 11.0. The van der Waals surface area contributed by atoms with Crippen molar-refractivity contribution in [2.24, 2.45) is 34.5 Å². The van der Waals surface area contributed by atoms with Crippen LogP contribution in [-0.4, -0.2) is 33.1 Å². The molecule has 0 heterocycles. The topological polar surface area (TPSA) is 60.7 Å². The minimum atomic E-state index is -0.941. The van der Waals surface area contributed by atoms with Crippen LogP contribution in [0.25, 0.3) is 0 Å². The fraction of sp³-hybridized carbons (Fsp3) is 1.00. The Morgan fingerprint density at radius 2 is 1.57 bits per heavy atom. The molecular weight excluding hydrogens is 288 g/mol. The van der Waals surface area contributed by atoms with Gasteiger partial charge in [0.1, 0.15) is 0 Å². The quantitative estimate of drug-likeness (QED) is 0.642. The van der Waals surface area contributed by atoms with E-state index in [4.69, 9.17) is 0 Å². The van der Waals surface area contributed by atoms with Crippen molar-refractivity contribution in [3.8, 4) is 0 Å². The Balaban J connectivity index is 1.65. The zero-order valence-corrected chi connectivity index (χ0v) is 15.0. The predicted octanol–water partition coefficient (Wildman–Crippen LogP) is 3.11. The van der Waals surface area contributed by atoms with Gasteiger partial charge in [0.15, 0.2) is 0 Å². The first-order valence-electron chi connectivity index (χ1n) is 9.78. The molecule has 4 saturated carbocycles. The SMILES string of the molecule is C[C@]12CC[C@@H](O)C[C@@H]1CC[C@@H]1[C@@H]2CC[C@@]2(C)[C@H]1C[C@H](O)[C@]2(C)O. The average molecular weight is 322 g/mol. The molecule has 23 heavy (non-hydrogen) atoms. The fourth-order valence-electron chi connectivity index (χ4n) is 7.47. The van der Waals surface area contributed by atoms with E-state index < -0.39 is 11.7 Å². The molecule has 0 aromatic heterocycles. The third-order valence-electron chi connectivity index (χ3n) is 9.31. The molecule has 4 aliphatic carbocycles. The minimum Gasteiger partial charge on any atom is -0.393 e. The molecule has 0 radical (unpaired) electrons. The van der Waals surface area contributed by atoms with Crippen LogP contribution >= 0.6 is 0 Å². The van der Waals surface area contributed by atoms with E-state index in [1.54, 1.807) is 0 Å². The van der Waals surface area contributed by atoms with Crippen LogP contribution in [0.3, 0.4) is 0 Å². The summed E-state index contributed by atoms with van der Waals surface area (Å²) >= 11 is 0. The molecule has 0 unspecified atom stereocenters. The van der Waals surface area contributed by atoms with Crippen LogP contribution in [0.5, 0.6) is 0 Å². The second-order valence-electron chi connectivity index (χ2n) is 9.94. The minimum absolute atomic E-state index is 0.0903. The standard InChI is InChI=1S/C20H34O3/c1-18-8-6-13(21)10-12(18)4-5-14-15(18)7-9-19(2)16(14)11-17(22)20(19,3)23/h12-17,21-23H,4-11H2,1-3H3/t12-,13+,14+,15-,16-,17-,18-,19-,20-/m0/s1. The molecule has 132 valence electrons. The van der Waals surface area contributed by atoms with Crippen molar-refractivity contribution in [1.82, 2.24) is 0 Å². The summed E-state index contributed by atoms with van der Waals surface area (Å²) in [5.74, 6) is 2.49. The van der Waals surface area contributed by atoms with Crippen LogP contribution < -0.4 is 0 Å². The van der Waals surface area contributed by atoms with Gasteiger partial charge in [-0.2, -0.15) is 0 Å². The molecule has 3 nitrogen and oxygen atoms in total. The molecule has 4 aliphatic rings. The van der Waals surface area contributed by atoms with Gasteiger partial charge in [-0.3, -0.25) is 0 Å². The van der Waals surface area contributed by atoms with Crippen LogP contribution in [-0.2, 0) is 0 Å².